The highest BCUT2D eigenvalue weighted by atomic mass is 16.5. The van der Waals surface area contributed by atoms with Crippen LogP contribution in [0.4, 0.5) is 5.69 Å². The number of hydrogen-bond acceptors (Lipinski definition) is 4. The lowest BCUT2D eigenvalue weighted by Crippen LogP contribution is -2.08. The first kappa shape index (κ1) is 18.6. The molecule has 0 unspecified atom stereocenters. The number of hydrogen-bond donors (Lipinski definition) is 1. The van der Waals surface area contributed by atoms with Crippen LogP contribution < -0.4 is 15.2 Å². The highest BCUT2D eigenvalue weighted by Crippen LogP contribution is 2.27. The summed E-state index contributed by atoms with van der Waals surface area (Å²) < 4.78 is 13.1. The summed E-state index contributed by atoms with van der Waals surface area (Å²) in [7, 11) is 1.54. The number of carbonyl (C=O) groups is 1. The summed E-state index contributed by atoms with van der Waals surface area (Å²) in [5, 5.41) is 0. The van der Waals surface area contributed by atoms with Crippen molar-refractivity contribution in [2.75, 3.05) is 12.8 Å². The summed E-state index contributed by atoms with van der Waals surface area (Å²) in [5.74, 6) is 1.09. The van der Waals surface area contributed by atoms with Crippen molar-refractivity contribution in [1.82, 2.24) is 4.40 Å². The molecule has 0 atom stereocenters. The number of methoxy groups -OCH3 is 1. The molecule has 0 amide bonds. The number of aryl methyl sites for hydroxylation is 1. The Morgan fingerprint density at radius 1 is 1.03 bits per heavy atom. The van der Waals surface area contributed by atoms with Crippen molar-refractivity contribution < 1.29 is 14.3 Å². The van der Waals surface area contributed by atoms with Gasteiger partial charge in [0, 0.05) is 11.1 Å². The number of pyridine rings is 1. The van der Waals surface area contributed by atoms with E-state index < -0.39 is 0 Å². The second-order valence-corrected chi connectivity index (χ2v) is 6.90. The summed E-state index contributed by atoms with van der Waals surface area (Å²) in [4.78, 5) is 13.3. The molecule has 0 saturated carbocycles. The highest BCUT2D eigenvalue weighted by Gasteiger charge is 2.18. The van der Waals surface area contributed by atoms with E-state index in [0.29, 0.717) is 35.1 Å². The normalized spacial score (nSPS) is 10.8. The van der Waals surface area contributed by atoms with Crippen molar-refractivity contribution in [2.45, 2.75) is 13.5 Å². The zero-order valence-corrected chi connectivity index (χ0v) is 16.4. The van der Waals surface area contributed by atoms with Crippen LogP contribution in [0.2, 0.25) is 0 Å². The first-order valence-electron chi connectivity index (χ1n) is 9.33. The van der Waals surface area contributed by atoms with E-state index in [1.807, 2.05) is 66.1 Å². The van der Waals surface area contributed by atoms with E-state index in [1.54, 1.807) is 18.2 Å². The topological polar surface area (TPSA) is 66.0 Å². The van der Waals surface area contributed by atoms with E-state index in [-0.39, 0.29) is 5.78 Å². The molecule has 2 aromatic carbocycles. The van der Waals surface area contributed by atoms with Crippen LogP contribution in [0.3, 0.4) is 0 Å². The Hall–Kier alpha value is -3.73. The van der Waals surface area contributed by atoms with E-state index in [0.717, 1.165) is 16.6 Å². The lowest BCUT2D eigenvalue weighted by atomic mass is 10.0. The first-order valence-corrected chi connectivity index (χ1v) is 9.33. The Morgan fingerprint density at radius 2 is 1.83 bits per heavy atom. The Labute approximate surface area is 169 Å². The van der Waals surface area contributed by atoms with Crippen LogP contribution in [-0.2, 0) is 6.61 Å². The van der Waals surface area contributed by atoms with Gasteiger partial charge in [-0.2, -0.15) is 0 Å². The van der Waals surface area contributed by atoms with Crippen molar-refractivity contribution in [3.8, 4) is 11.5 Å². The second-order valence-electron chi connectivity index (χ2n) is 6.90. The molecule has 4 rings (SSSR count). The molecular weight excluding hydrogens is 364 g/mol. The molecule has 5 heteroatoms. The molecule has 5 nitrogen and oxygen atoms in total. The molecule has 146 valence electrons. The SMILES string of the molecule is COc1cc(C(=O)c2c(C)cc3ccc(OCc4ccccc4)cn23)ccc1N. The van der Waals surface area contributed by atoms with Gasteiger partial charge in [0.15, 0.2) is 0 Å². The van der Waals surface area contributed by atoms with Gasteiger partial charge in [-0.3, -0.25) is 4.79 Å². The van der Waals surface area contributed by atoms with E-state index in [1.165, 1.54) is 7.11 Å². The third kappa shape index (κ3) is 3.67. The quantitative estimate of drug-likeness (QED) is 0.387. The van der Waals surface area contributed by atoms with Crippen LogP contribution >= 0.6 is 0 Å². The predicted molar refractivity (Wildman–Crippen MR) is 114 cm³/mol. The number of nitrogens with two attached hydrogens (primary N) is 1. The minimum atomic E-state index is -0.0963. The van der Waals surface area contributed by atoms with E-state index in [4.69, 9.17) is 15.2 Å². The van der Waals surface area contributed by atoms with Crippen molar-refractivity contribution in [1.29, 1.82) is 0 Å². The minimum Gasteiger partial charge on any atom is -0.495 e. The van der Waals surface area contributed by atoms with Crippen LogP contribution in [0, 0.1) is 6.92 Å². The minimum absolute atomic E-state index is 0.0963. The van der Waals surface area contributed by atoms with Gasteiger partial charge in [-0.15, -0.1) is 0 Å². The standard InChI is InChI=1S/C24H22N2O3/c1-16-12-19-9-10-20(29-15-17-6-4-3-5-7-17)14-26(19)23(16)24(27)18-8-11-21(25)22(13-18)28-2/h3-14H,15,25H2,1-2H3. The van der Waals surface area contributed by atoms with Gasteiger partial charge in [-0.05, 0) is 54.4 Å². The largest absolute Gasteiger partial charge is 0.495 e. The number of nitrogens with zero attached hydrogens (tertiary/aromatic N) is 1. The Kier molecular flexibility index (Phi) is 4.96. The average molecular weight is 386 g/mol. The van der Waals surface area contributed by atoms with Crippen LogP contribution in [-0.4, -0.2) is 17.3 Å². The number of anilines is 1. The van der Waals surface area contributed by atoms with E-state index >= 15 is 0 Å². The zero-order chi connectivity index (χ0) is 20.4. The van der Waals surface area contributed by atoms with Gasteiger partial charge in [0.05, 0.1) is 24.7 Å². The van der Waals surface area contributed by atoms with Gasteiger partial charge in [-0.1, -0.05) is 30.3 Å². The predicted octanol–water partition coefficient (Wildman–Crippen LogP) is 4.65. The number of aromatic nitrogens is 1. The van der Waals surface area contributed by atoms with Crippen LogP contribution in [0.15, 0.2) is 72.9 Å². The molecule has 0 bridgehead atoms. The van der Waals surface area contributed by atoms with Gasteiger partial charge in [-0.25, -0.2) is 0 Å². The van der Waals surface area contributed by atoms with Crippen molar-refractivity contribution in [3.05, 3.63) is 95.3 Å². The maximum atomic E-state index is 13.3. The lowest BCUT2D eigenvalue weighted by Gasteiger charge is -2.10. The first-order chi connectivity index (χ1) is 14.1. The molecule has 0 fully saturated rings. The number of carbonyl (C=O) groups excluding carboxylic acids is 1. The molecule has 0 aliphatic heterocycles. The summed E-state index contributed by atoms with van der Waals surface area (Å²) >= 11 is 0. The van der Waals surface area contributed by atoms with E-state index in [9.17, 15) is 4.79 Å². The van der Waals surface area contributed by atoms with Crippen LogP contribution in [0.1, 0.15) is 27.2 Å². The summed E-state index contributed by atoms with van der Waals surface area (Å²) in [6, 6.07) is 20.9. The Balaban J connectivity index is 1.68. The molecule has 0 saturated heterocycles. The molecule has 2 N–H and O–H groups in total. The van der Waals surface area contributed by atoms with Crippen molar-refractivity contribution in [3.63, 3.8) is 0 Å². The van der Waals surface area contributed by atoms with Gasteiger partial charge in [0.2, 0.25) is 5.78 Å². The van der Waals surface area contributed by atoms with Gasteiger partial charge < -0.3 is 19.6 Å². The fourth-order valence-electron chi connectivity index (χ4n) is 3.39. The number of ether oxygens (including phenoxy) is 2. The monoisotopic (exact) mass is 386 g/mol. The molecule has 4 aromatic rings. The summed E-state index contributed by atoms with van der Waals surface area (Å²) in [6.07, 6.45) is 1.85. The third-order valence-corrected chi connectivity index (χ3v) is 4.89. The second kappa shape index (κ2) is 7.72. The van der Waals surface area contributed by atoms with Crippen molar-refractivity contribution >= 4 is 17.0 Å². The fourth-order valence-corrected chi connectivity index (χ4v) is 3.39. The fraction of sp³-hybridized carbons (Fsp3) is 0.125. The van der Waals surface area contributed by atoms with Crippen LogP contribution in [0.5, 0.6) is 11.5 Å². The summed E-state index contributed by atoms with van der Waals surface area (Å²) in [6.45, 7) is 2.39. The Bertz CT molecular complexity index is 1180. The highest BCUT2D eigenvalue weighted by molar-refractivity contribution is 6.10. The molecule has 0 aliphatic carbocycles. The number of ketones is 1. The number of rotatable bonds is 6. The molecule has 0 radical (unpaired) electrons. The number of benzene rings is 2. The molecule has 0 spiro atoms. The summed E-state index contributed by atoms with van der Waals surface area (Å²) in [5.41, 5.74) is 10.4. The maximum absolute atomic E-state index is 13.3. The van der Waals surface area contributed by atoms with Gasteiger partial charge in [0.1, 0.15) is 18.1 Å². The number of nitrogen functional groups attached to an aromatic ring is 1. The van der Waals surface area contributed by atoms with Crippen molar-refractivity contribution in [2.24, 2.45) is 0 Å². The molecule has 2 aromatic heterocycles. The molecule has 0 aliphatic rings. The lowest BCUT2D eigenvalue weighted by molar-refractivity contribution is 0.103. The number of fused-ring (bicyclic) bond motifs is 1. The third-order valence-electron chi connectivity index (χ3n) is 4.89. The smallest absolute Gasteiger partial charge is 0.210 e. The van der Waals surface area contributed by atoms with Gasteiger partial charge in [0.25, 0.3) is 0 Å². The molecule has 29 heavy (non-hydrogen) atoms. The van der Waals surface area contributed by atoms with Crippen LogP contribution in [0.25, 0.3) is 5.52 Å². The zero-order valence-electron chi connectivity index (χ0n) is 16.4. The molecular formula is C24H22N2O3. The average Bonchev–Trinajstić information content (AvgIpc) is 3.07. The van der Waals surface area contributed by atoms with Gasteiger partial charge >= 0.3 is 0 Å². The Morgan fingerprint density at radius 3 is 2.59 bits per heavy atom. The molecule has 2 heterocycles. The maximum Gasteiger partial charge on any atom is 0.210 e. The van der Waals surface area contributed by atoms with E-state index in [2.05, 4.69) is 0 Å².